The molecule has 0 heterocycles. The molecule has 0 bridgehead atoms. The highest BCUT2D eigenvalue weighted by Gasteiger charge is 2.27. The van der Waals surface area contributed by atoms with Crippen molar-refractivity contribution >= 4 is 0 Å². The first-order chi connectivity index (χ1) is 8.58. The molecule has 0 aliphatic rings. The molecular weight excluding hydrogens is 220 g/mol. The monoisotopic (exact) mass is 238 g/mol. The third-order valence-corrected chi connectivity index (χ3v) is 3.46. The lowest BCUT2D eigenvalue weighted by Gasteiger charge is -2.26. The van der Waals surface area contributed by atoms with Crippen LogP contribution >= 0.6 is 0 Å². The van der Waals surface area contributed by atoms with Crippen LogP contribution in [0.25, 0.3) is 0 Å². The maximum atomic E-state index is 10.9. The van der Waals surface area contributed by atoms with Gasteiger partial charge in [-0.2, -0.15) is 0 Å². The maximum Gasteiger partial charge on any atom is 0.133 e. The topological polar surface area (TPSA) is 20.2 Å². The zero-order valence-electron chi connectivity index (χ0n) is 10.9. The Morgan fingerprint density at radius 1 is 0.944 bits per heavy atom. The molecular formula is C17H18O. The van der Waals surface area contributed by atoms with E-state index in [1.807, 2.05) is 55.5 Å². The number of aryl methyl sites for hydroxylation is 2. The van der Waals surface area contributed by atoms with Gasteiger partial charge >= 0.3 is 0 Å². The summed E-state index contributed by atoms with van der Waals surface area (Å²) in [6, 6.07) is 15.6. The Morgan fingerprint density at radius 3 is 2.17 bits per heavy atom. The number of benzene rings is 2. The molecule has 2 aromatic carbocycles. The van der Waals surface area contributed by atoms with Crippen molar-refractivity contribution in [3.8, 4) is 0 Å². The average molecular weight is 238 g/mol. The summed E-state index contributed by atoms with van der Waals surface area (Å²) < 4.78 is 0. The quantitative estimate of drug-likeness (QED) is 0.808. The van der Waals surface area contributed by atoms with Crippen LogP contribution in [0, 0.1) is 13.8 Å². The second-order valence-electron chi connectivity index (χ2n) is 4.64. The largest absolute Gasteiger partial charge is 0.377 e. The molecule has 1 atom stereocenters. The first-order valence-electron chi connectivity index (χ1n) is 6.07. The minimum Gasteiger partial charge on any atom is -0.377 e. The van der Waals surface area contributed by atoms with Crippen LogP contribution < -0.4 is 0 Å². The molecule has 0 aliphatic carbocycles. The molecule has 2 aromatic rings. The van der Waals surface area contributed by atoms with Crippen molar-refractivity contribution in [2.24, 2.45) is 0 Å². The van der Waals surface area contributed by atoms with E-state index in [9.17, 15) is 5.11 Å². The lowest BCUT2D eigenvalue weighted by molar-refractivity contribution is 0.135. The van der Waals surface area contributed by atoms with Crippen LogP contribution in [0.4, 0.5) is 0 Å². The fourth-order valence-electron chi connectivity index (χ4n) is 2.07. The van der Waals surface area contributed by atoms with Gasteiger partial charge in [0, 0.05) is 0 Å². The second kappa shape index (κ2) is 4.79. The average Bonchev–Trinajstić information content (AvgIpc) is 2.42. The number of hydrogen-bond acceptors (Lipinski definition) is 1. The first-order valence-corrected chi connectivity index (χ1v) is 6.07. The fraction of sp³-hybridized carbons (Fsp3) is 0.176. The summed E-state index contributed by atoms with van der Waals surface area (Å²) in [5, 5.41) is 10.9. The highest BCUT2D eigenvalue weighted by atomic mass is 16.3. The summed E-state index contributed by atoms with van der Waals surface area (Å²) in [6.45, 7) is 7.90. The second-order valence-corrected chi connectivity index (χ2v) is 4.64. The normalized spacial score (nSPS) is 13.9. The molecule has 92 valence electrons. The van der Waals surface area contributed by atoms with Crippen LogP contribution in [-0.4, -0.2) is 5.11 Å². The highest BCUT2D eigenvalue weighted by Crippen LogP contribution is 2.31. The van der Waals surface area contributed by atoms with E-state index >= 15 is 0 Å². The van der Waals surface area contributed by atoms with Crippen molar-refractivity contribution in [2.45, 2.75) is 19.4 Å². The molecule has 0 amide bonds. The van der Waals surface area contributed by atoms with E-state index in [0.717, 1.165) is 11.1 Å². The lowest BCUT2D eigenvalue weighted by Crippen LogP contribution is -2.24. The van der Waals surface area contributed by atoms with Crippen molar-refractivity contribution in [1.29, 1.82) is 0 Å². The summed E-state index contributed by atoms with van der Waals surface area (Å²) in [4.78, 5) is 0. The molecule has 1 N–H and O–H groups in total. The van der Waals surface area contributed by atoms with Crippen LogP contribution in [0.2, 0.25) is 0 Å². The van der Waals surface area contributed by atoms with Gasteiger partial charge in [0.1, 0.15) is 5.60 Å². The lowest BCUT2D eigenvalue weighted by atomic mass is 9.85. The Hall–Kier alpha value is -1.86. The molecule has 0 saturated carbocycles. The van der Waals surface area contributed by atoms with Crippen molar-refractivity contribution in [3.63, 3.8) is 0 Å². The summed E-state index contributed by atoms with van der Waals surface area (Å²) in [6.07, 6.45) is 1.59. The van der Waals surface area contributed by atoms with E-state index in [1.54, 1.807) is 6.08 Å². The molecule has 0 radical (unpaired) electrons. The van der Waals surface area contributed by atoms with Crippen LogP contribution in [0.5, 0.6) is 0 Å². The Kier molecular flexibility index (Phi) is 3.35. The third-order valence-electron chi connectivity index (χ3n) is 3.46. The summed E-state index contributed by atoms with van der Waals surface area (Å²) in [5.41, 5.74) is 2.96. The van der Waals surface area contributed by atoms with Gasteiger partial charge in [-0.25, -0.2) is 0 Å². The SMILES string of the molecule is C=CC(O)(c1ccccc1)c1ccc(C)c(C)c1. The van der Waals surface area contributed by atoms with Crippen molar-refractivity contribution in [1.82, 2.24) is 0 Å². The molecule has 18 heavy (non-hydrogen) atoms. The van der Waals surface area contributed by atoms with Crippen LogP contribution in [0.15, 0.2) is 61.2 Å². The number of hydrogen-bond donors (Lipinski definition) is 1. The Bertz CT molecular complexity index is 557. The number of rotatable bonds is 3. The minimum atomic E-state index is -1.13. The zero-order chi connectivity index (χ0) is 13.2. The first kappa shape index (κ1) is 12.6. The van der Waals surface area contributed by atoms with Crippen LogP contribution in [-0.2, 0) is 5.60 Å². The Morgan fingerprint density at radius 2 is 1.61 bits per heavy atom. The Labute approximate surface area is 108 Å². The van der Waals surface area contributed by atoms with Crippen molar-refractivity contribution < 1.29 is 5.11 Å². The van der Waals surface area contributed by atoms with E-state index < -0.39 is 5.60 Å². The van der Waals surface area contributed by atoms with E-state index in [2.05, 4.69) is 13.5 Å². The van der Waals surface area contributed by atoms with Crippen LogP contribution in [0.3, 0.4) is 0 Å². The van der Waals surface area contributed by atoms with E-state index in [4.69, 9.17) is 0 Å². The van der Waals surface area contributed by atoms with Gasteiger partial charge < -0.3 is 5.11 Å². The Balaban J connectivity index is 2.57. The summed E-state index contributed by atoms with van der Waals surface area (Å²) in [7, 11) is 0. The molecule has 2 rings (SSSR count). The molecule has 0 fully saturated rings. The van der Waals surface area contributed by atoms with Gasteiger partial charge in [-0.15, -0.1) is 0 Å². The van der Waals surface area contributed by atoms with Gasteiger partial charge in [-0.1, -0.05) is 61.2 Å². The third kappa shape index (κ3) is 2.09. The molecule has 1 nitrogen and oxygen atoms in total. The predicted octanol–water partition coefficient (Wildman–Crippen LogP) is 3.73. The minimum absolute atomic E-state index is 0.836. The zero-order valence-corrected chi connectivity index (χ0v) is 10.9. The van der Waals surface area contributed by atoms with E-state index in [1.165, 1.54) is 11.1 Å². The van der Waals surface area contributed by atoms with Gasteiger partial charge in [0.25, 0.3) is 0 Å². The van der Waals surface area contributed by atoms with Gasteiger partial charge in [-0.3, -0.25) is 0 Å². The molecule has 1 heteroatoms. The smallest absolute Gasteiger partial charge is 0.133 e. The molecule has 0 saturated heterocycles. The maximum absolute atomic E-state index is 10.9. The van der Waals surface area contributed by atoms with Gasteiger partial charge in [0.2, 0.25) is 0 Å². The standard InChI is InChI=1S/C17H18O/c1-4-17(18,15-8-6-5-7-9-15)16-11-10-13(2)14(3)12-16/h4-12,18H,1H2,2-3H3. The molecule has 1 unspecified atom stereocenters. The van der Waals surface area contributed by atoms with Crippen LogP contribution in [0.1, 0.15) is 22.3 Å². The van der Waals surface area contributed by atoms with E-state index in [0.29, 0.717) is 0 Å². The molecule has 0 spiro atoms. The molecule has 0 aromatic heterocycles. The summed E-state index contributed by atoms with van der Waals surface area (Å²) >= 11 is 0. The predicted molar refractivity (Wildman–Crippen MR) is 75.6 cm³/mol. The van der Waals surface area contributed by atoms with Gasteiger partial charge in [-0.05, 0) is 36.1 Å². The van der Waals surface area contributed by atoms with Crippen molar-refractivity contribution in [2.75, 3.05) is 0 Å². The number of aliphatic hydroxyl groups is 1. The van der Waals surface area contributed by atoms with E-state index in [-0.39, 0.29) is 0 Å². The van der Waals surface area contributed by atoms with Gasteiger partial charge in [0.05, 0.1) is 0 Å². The van der Waals surface area contributed by atoms with Gasteiger partial charge in [0.15, 0.2) is 0 Å². The fourth-order valence-corrected chi connectivity index (χ4v) is 2.07. The summed E-state index contributed by atoms with van der Waals surface area (Å²) in [5.74, 6) is 0. The highest BCUT2D eigenvalue weighted by molar-refractivity contribution is 5.43. The molecule has 0 aliphatic heterocycles. The van der Waals surface area contributed by atoms with Crippen molar-refractivity contribution in [3.05, 3.63) is 83.4 Å².